The number of amides is 1. The van der Waals surface area contributed by atoms with E-state index in [1.54, 1.807) is 26.4 Å². The lowest BCUT2D eigenvalue weighted by Crippen LogP contribution is -2.40. The van der Waals surface area contributed by atoms with Crippen LogP contribution in [0, 0.1) is 11.7 Å². The Hall–Kier alpha value is -3.62. The molecule has 168 valence electrons. The number of esters is 1. The standard InChI is InChI=1S/C23H24FN3O5/c1-30-18-10-13-9-17-22(16(13)12-19(18)31-2)27(20(28)7-8-21(29)32-3)26-23(17)25-15-6-4-5-14(24)11-15/h4-6,10-12,17,22H,7-9H2,1-3H3,(H,25,26). The van der Waals surface area contributed by atoms with Gasteiger partial charge in [0.2, 0.25) is 5.91 Å². The van der Waals surface area contributed by atoms with Crippen LogP contribution in [0.1, 0.15) is 30.0 Å². The van der Waals surface area contributed by atoms with Gasteiger partial charge in [0, 0.05) is 12.3 Å². The smallest absolute Gasteiger partial charge is 0.306 e. The Bertz CT molecular complexity index is 1090. The SMILES string of the molecule is COC(=O)CCC(=O)N1NC(=Nc2cccc(F)c2)C2Cc3cc(OC)c(OC)cc3C21. The molecule has 0 bridgehead atoms. The monoisotopic (exact) mass is 441 g/mol. The van der Waals surface area contributed by atoms with Crippen molar-refractivity contribution < 1.29 is 28.2 Å². The molecule has 2 aromatic rings. The Morgan fingerprint density at radius 2 is 1.88 bits per heavy atom. The average Bonchev–Trinajstić information content (AvgIpc) is 3.33. The number of carbonyl (C=O) groups excluding carboxylic acids is 2. The van der Waals surface area contributed by atoms with Crippen LogP contribution in [0.3, 0.4) is 0 Å². The second-order valence-electron chi connectivity index (χ2n) is 7.59. The van der Waals surface area contributed by atoms with Gasteiger partial charge >= 0.3 is 5.97 Å². The predicted octanol–water partition coefficient (Wildman–Crippen LogP) is 3.09. The molecular weight excluding hydrogens is 417 g/mol. The highest BCUT2D eigenvalue weighted by atomic mass is 19.1. The minimum absolute atomic E-state index is 0.0151. The number of rotatable bonds is 6. The zero-order valence-corrected chi connectivity index (χ0v) is 18.1. The summed E-state index contributed by atoms with van der Waals surface area (Å²) in [6.45, 7) is 0. The van der Waals surface area contributed by atoms with Crippen LogP contribution >= 0.6 is 0 Å². The van der Waals surface area contributed by atoms with Gasteiger partial charge in [0.15, 0.2) is 11.5 Å². The van der Waals surface area contributed by atoms with Crippen molar-refractivity contribution in [2.75, 3.05) is 21.3 Å². The Kier molecular flexibility index (Phi) is 5.98. The van der Waals surface area contributed by atoms with Gasteiger partial charge in [-0.15, -0.1) is 0 Å². The van der Waals surface area contributed by atoms with Crippen LogP contribution in [0.2, 0.25) is 0 Å². The Morgan fingerprint density at radius 3 is 2.56 bits per heavy atom. The first-order valence-electron chi connectivity index (χ1n) is 10.2. The summed E-state index contributed by atoms with van der Waals surface area (Å²) in [4.78, 5) is 29.2. The molecule has 1 aliphatic carbocycles. The van der Waals surface area contributed by atoms with Crippen LogP contribution in [0.25, 0.3) is 0 Å². The summed E-state index contributed by atoms with van der Waals surface area (Å²) < 4.78 is 29.2. The van der Waals surface area contributed by atoms with Crippen LogP contribution in [-0.2, 0) is 20.7 Å². The van der Waals surface area contributed by atoms with Crippen LogP contribution in [-0.4, -0.2) is 44.1 Å². The van der Waals surface area contributed by atoms with Gasteiger partial charge in [0.05, 0.1) is 39.5 Å². The van der Waals surface area contributed by atoms with Crippen molar-refractivity contribution in [3.05, 3.63) is 53.3 Å². The van der Waals surface area contributed by atoms with E-state index in [9.17, 15) is 14.0 Å². The molecule has 0 aromatic heterocycles. The molecule has 2 aliphatic rings. The lowest BCUT2D eigenvalue weighted by atomic mass is 10.0. The number of hydrazine groups is 1. The van der Waals surface area contributed by atoms with E-state index < -0.39 is 11.8 Å². The van der Waals surface area contributed by atoms with E-state index in [1.807, 2.05) is 12.1 Å². The van der Waals surface area contributed by atoms with E-state index in [2.05, 4.69) is 15.2 Å². The molecule has 2 atom stereocenters. The molecule has 32 heavy (non-hydrogen) atoms. The highest BCUT2D eigenvalue weighted by Crippen LogP contribution is 2.47. The zero-order chi connectivity index (χ0) is 22.8. The molecule has 4 rings (SSSR count). The maximum atomic E-state index is 13.7. The average molecular weight is 441 g/mol. The van der Waals surface area contributed by atoms with E-state index in [4.69, 9.17) is 9.47 Å². The summed E-state index contributed by atoms with van der Waals surface area (Å²) in [6.07, 6.45) is 0.571. The molecule has 1 aliphatic heterocycles. The molecule has 1 amide bonds. The molecule has 1 fully saturated rings. The zero-order valence-electron chi connectivity index (χ0n) is 18.1. The molecule has 0 spiro atoms. The lowest BCUT2D eigenvalue weighted by molar-refractivity contribution is -0.144. The first kappa shape index (κ1) is 21.6. The maximum absolute atomic E-state index is 13.7. The minimum atomic E-state index is -0.457. The van der Waals surface area contributed by atoms with Gasteiger partial charge in [-0.05, 0) is 47.9 Å². The fraction of sp³-hybridized carbons (Fsp3) is 0.348. The van der Waals surface area contributed by atoms with Crippen molar-refractivity contribution in [3.63, 3.8) is 0 Å². The first-order chi connectivity index (χ1) is 15.4. The molecule has 0 saturated carbocycles. The number of nitrogens with one attached hydrogen (secondary N) is 1. The number of fused-ring (bicyclic) bond motifs is 3. The summed E-state index contributed by atoms with van der Waals surface area (Å²) >= 11 is 0. The fourth-order valence-electron chi connectivity index (χ4n) is 4.24. The van der Waals surface area contributed by atoms with Crippen LogP contribution in [0.5, 0.6) is 11.5 Å². The molecule has 2 aromatic carbocycles. The largest absolute Gasteiger partial charge is 0.493 e. The van der Waals surface area contributed by atoms with E-state index >= 15 is 0 Å². The Balaban J connectivity index is 1.72. The Morgan fingerprint density at radius 1 is 1.12 bits per heavy atom. The highest BCUT2D eigenvalue weighted by Gasteiger charge is 2.48. The number of nitrogens with zero attached hydrogens (tertiary/aromatic N) is 2. The predicted molar refractivity (Wildman–Crippen MR) is 114 cm³/mol. The lowest BCUT2D eigenvalue weighted by Gasteiger charge is -2.24. The number of amidine groups is 1. The summed E-state index contributed by atoms with van der Waals surface area (Å²) in [7, 11) is 4.41. The summed E-state index contributed by atoms with van der Waals surface area (Å²) in [5.41, 5.74) is 5.47. The number of benzene rings is 2. The Labute approximate surface area is 184 Å². The number of halogens is 1. The van der Waals surface area contributed by atoms with Gasteiger partial charge in [0.1, 0.15) is 11.7 Å². The summed E-state index contributed by atoms with van der Waals surface area (Å²) in [5.74, 6) is 0.444. The quantitative estimate of drug-likeness (QED) is 0.693. The third kappa shape index (κ3) is 3.98. The van der Waals surface area contributed by atoms with Crippen molar-refractivity contribution in [2.45, 2.75) is 25.3 Å². The van der Waals surface area contributed by atoms with Gasteiger partial charge in [-0.2, -0.15) is 0 Å². The topological polar surface area (TPSA) is 89.5 Å². The van der Waals surface area contributed by atoms with E-state index in [1.165, 1.54) is 24.3 Å². The van der Waals surface area contributed by atoms with Gasteiger partial charge in [-0.1, -0.05) is 6.07 Å². The molecule has 1 saturated heterocycles. The van der Waals surface area contributed by atoms with Crippen molar-refractivity contribution in [3.8, 4) is 11.5 Å². The molecule has 8 nitrogen and oxygen atoms in total. The van der Waals surface area contributed by atoms with Gasteiger partial charge in [-0.25, -0.2) is 14.4 Å². The second kappa shape index (κ2) is 8.86. The van der Waals surface area contributed by atoms with Crippen molar-refractivity contribution in [2.24, 2.45) is 10.9 Å². The number of methoxy groups -OCH3 is 3. The second-order valence-corrected chi connectivity index (χ2v) is 7.59. The van der Waals surface area contributed by atoms with Crippen LogP contribution in [0.15, 0.2) is 41.4 Å². The maximum Gasteiger partial charge on any atom is 0.306 e. The van der Waals surface area contributed by atoms with Gasteiger partial charge in [-0.3, -0.25) is 15.0 Å². The molecule has 1 heterocycles. The van der Waals surface area contributed by atoms with Crippen molar-refractivity contribution >= 4 is 23.4 Å². The molecule has 2 unspecified atom stereocenters. The third-order valence-corrected chi connectivity index (χ3v) is 5.75. The first-order valence-corrected chi connectivity index (χ1v) is 10.2. The minimum Gasteiger partial charge on any atom is -0.493 e. The normalized spacial score (nSPS) is 19.9. The van der Waals surface area contributed by atoms with Gasteiger partial charge in [0.25, 0.3) is 0 Å². The highest BCUT2D eigenvalue weighted by molar-refractivity contribution is 5.95. The van der Waals surface area contributed by atoms with Crippen molar-refractivity contribution in [1.29, 1.82) is 0 Å². The number of aliphatic imine (C=N–C) groups is 1. The number of hydrogen-bond acceptors (Lipinski definition) is 6. The molecule has 1 N–H and O–H groups in total. The van der Waals surface area contributed by atoms with Crippen molar-refractivity contribution in [1.82, 2.24) is 10.4 Å². The third-order valence-electron chi connectivity index (χ3n) is 5.75. The summed E-state index contributed by atoms with van der Waals surface area (Å²) in [5, 5.41) is 1.50. The molecule has 0 radical (unpaired) electrons. The van der Waals surface area contributed by atoms with Crippen LogP contribution < -0.4 is 14.9 Å². The van der Waals surface area contributed by atoms with E-state index in [0.29, 0.717) is 29.4 Å². The van der Waals surface area contributed by atoms with Crippen LogP contribution in [0.4, 0.5) is 10.1 Å². The number of hydrogen-bond donors (Lipinski definition) is 1. The fourth-order valence-corrected chi connectivity index (χ4v) is 4.24. The van der Waals surface area contributed by atoms with Gasteiger partial charge < -0.3 is 14.2 Å². The summed E-state index contributed by atoms with van der Waals surface area (Å²) in [6, 6.07) is 9.39. The van der Waals surface area contributed by atoms with E-state index in [0.717, 1.165) is 11.1 Å². The molecular formula is C23H24FN3O5. The molecule has 9 heteroatoms. The van der Waals surface area contributed by atoms with E-state index in [-0.39, 0.29) is 30.7 Å². The number of ether oxygens (including phenoxy) is 3. The number of carbonyl (C=O) groups is 2.